The van der Waals surface area contributed by atoms with Gasteiger partial charge in [0.2, 0.25) is 11.8 Å². The van der Waals surface area contributed by atoms with Crippen LogP contribution in [0.15, 0.2) is 24.3 Å². The molecule has 0 fully saturated rings. The first kappa shape index (κ1) is 29.9. The maximum Gasteiger partial charge on any atom is 0.408 e. The fourth-order valence-electron chi connectivity index (χ4n) is 3.51. The number of benzene rings is 1. The van der Waals surface area contributed by atoms with Crippen molar-refractivity contribution in [1.82, 2.24) is 15.5 Å². The Morgan fingerprint density at radius 3 is 2.20 bits per heavy atom. The Kier molecular flexibility index (Phi) is 11.2. The van der Waals surface area contributed by atoms with Crippen molar-refractivity contribution in [3.05, 3.63) is 35.4 Å². The number of alkyl carbamates (subject to hydrolysis) is 1. The van der Waals surface area contributed by atoms with Crippen LogP contribution in [-0.2, 0) is 23.9 Å². The van der Waals surface area contributed by atoms with Crippen molar-refractivity contribution in [2.75, 3.05) is 13.7 Å². The molecule has 1 aromatic carbocycles. The molecule has 0 aliphatic rings. The fourth-order valence-corrected chi connectivity index (χ4v) is 3.51. The second kappa shape index (κ2) is 13.1. The molecule has 0 aliphatic heterocycles. The summed E-state index contributed by atoms with van der Waals surface area (Å²) in [7, 11) is 1.23. The minimum absolute atomic E-state index is 0.280. The number of hydrogen-bond acceptors (Lipinski definition) is 6. The zero-order valence-corrected chi connectivity index (χ0v) is 22.4. The average molecular weight is 492 g/mol. The standard InChI is InChI=1S/C26H41N3O6/c1-10-18(5)29(24(32)21(16(2)3)28-25(33)35-26(6,7)8)22(19-13-11-12-17(4)14-19)23(31)27-15-20(30)34-9/h11-14,16,18,21-22H,10,15H2,1-9H3,(H,27,31)(H,28,33). The first-order chi connectivity index (χ1) is 16.2. The molecule has 1 rings (SSSR count). The van der Waals surface area contributed by atoms with E-state index in [0.717, 1.165) is 5.56 Å². The van der Waals surface area contributed by atoms with Crippen molar-refractivity contribution in [2.24, 2.45) is 5.92 Å². The Morgan fingerprint density at radius 1 is 1.09 bits per heavy atom. The Bertz CT molecular complexity index is 893. The molecule has 196 valence electrons. The van der Waals surface area contributed by atoms with Gasteiger partial charge < -0.3 is 25.0 Å². The lowest BCUT2D eigenvalue weighted by molar-refractivity contribution is -0.147. The topological polar surface area (TPSA) is 114 Å². The van der Waals surface area contributed by atoms with Crippen molar-refractivity contribution in [2.45, 2.75) is 85.5 Å². The number of nitrogens with one attached hydrogen (secondary N) is 2. The van der Waals surface area contributed by atoms with E-state index in [1.54, 1.807) is 26.8 Å². The monoisotopic (exact) mass is 491 g/mol. The largest absolute Gasteiger partial charge is 0.468 e. The second-order valence-corrected chi connectivity index (χ2v) is 9.98. The molecule has 0 bridgehead atoms. The summed E-state index contributed by atoms with van der Waals surface area (Å²) < 4.78 is 10.0. The molecule has 0 aromatic heterocycles. The van der Waals surface area contributed by atoms with Crippen LogP contribution in [0.4, 0.5) is 4.79 Å². The molecule has 3 unspecified atom stereocenters. The number of amides is 3. The van der Waals surface area contributed by atoms with Crippen LogP contribution in [0, 0.1) is 12.8 Å². The molecule has 0 spiro atoms. The molecular weight excluding hydrogens is 450 g/mol. The van der Waals surface area contributed by atoms with E-state index in [4.69, 9.17) is 4.74 Å². The number of carbonyl (C=O) groups is 4. The molecule has 3 atom stereocenters. The van der Waals surface area contributed by atoms with Gasteiger partial charge >= 0.3 is 12.1 Å². The van der Waals surface area contributed by atoms with Crippen LogP contribution in [0.2, 0.25) is 0 Å². The minimum Gasteiger partial charge on any atom is -0.468 e. The molecule has 0 saturated carbocycles. The highest BCUT2D eigenvalue weighted by molar-refractivity contribution is 5.93. The lowest BCUT2D eigenvalue weighted by atomic mass is 9.96. The van der Waals surface area contributed by atoms with E-state index in [-0.39, 0.29) is 18.5 Å². The number of ether oxygens (including phenoxy) is 2. The zero-order chi connectivity index (χ0) is 26.9. The molecule has 0 aliphatic carbocycles. The number of rotatable bonds is 10. The summed E-state index contributed by atoms with van der Waals surface area (Å²) in [5.74, 6) is -1.82. The van der Waals surface area contributed by atoms with Crippen molar-refractivity contribution in [1.29, 1.82) is 0 Å². The van der Waals surface area contributed by atoms with Gasteiger partial charge in [-0.05, 0) is 52.5 Å². The summed E-state index contributed by atoms with van der Waals surface area (Å²) in [6.07, 6.45) is -0.147. The number of methoxy groups -OCH3 is 1. The smallest absolute Gasteiger partial charge is 0.408 e. The van der Waals surface area contributed by atoms with Crippen LogP contribution < -0.4 is 10.6 Å². The molecule has 3 amide bonds. The summed E-state index contributed by atoms with van der Waals surface area (Å²) in [4.78, 5) is 53.1. The van der Waals surface area contributed by atoms with Gasteiger partial charge in [0.05, 0.1) is 7.11 Å². The van der Waals surface area contributed by atoms with E-state index in [1.165, 1.54) is 12.0 Å². The van der Waals surface area contributed by atoms with Crippen LogP contribution in [0.5, 0.6) is 0 Å². The molecule has 1 aromatic rings. The predicted octanol–water partition coefficient (Wildman–Crippen LogP) is 3.50. The molecular formula is C26H41N3O6. The Hall–Kier alpha value is -3.10. The van der Waals surface area contributed by atoms with E-state index in [0.29, 0.717) is 12.0 Å². The summed E-state index contributed by atoms with van der Waals surface area (Å²) in [5.41, 5.74) is 0.779. The van der Waals surface area contributed by atoms with Crippen LogP contribution >= 0.6 is 0 Å². The summed E-state index contributed by atoms with van der Waals surface area (Å²) in [6, 6.07) is 4.99. The van der Waals surface area contributed by atoms with Crippen molar-refractivity contribution in [3.63, 3.8) is 0 Å². The van der Waals surface area contributed by atoms with E-state index in [2.05, 4.69) is 15.4 Å². The lowest BCUT2D eigenvalue weighted by Crippen LogP contribution is -2.57. The minimum atomic E-state index is -1.02. The third-order valence-corrected chi connectivity index (χ3v) is 5.44. The van der Waals surface area contributed by atoms with Gasteiger partial charge in [0.15, 0.2) is 0 Å². The van der Waals surface area contributed by atoms with Crippen molar-refractivity contribution in [3.8, 4) is 0 Å². The molecule has 9 heteroatoms. The summed E-state index contributed by atoms with van der Waals surface area (Å²) in [5, 5.41) is 5.28. The first-order valence-electron chi connectivity index (χ1n) is 11.9. The van der Waals surface area contributed by atoms with Crippen LogP contribution in [-0.4, -0.2) is 60.1 Å². The number of carbonyl (C=O) groups excluding carboxylic acids is 4. The summed E-state index contributed by atoms with van der Waals surface area (Å²) >= 11 is 0. The molecule has 2 N–H and O–H groups in total. The maximum atomic E-state index is 14.0. The highest BCUT2D eigenvalue weighted by Gasteiger charge is 2.39. The normalized spacial score (nSPS) is 13.9. The van der Waals surface area contributed by atoms with E-state index in [9.17, 15) is 19.2 Å². The third-order valence-electron chi connectivity index (χ3n) is 5.44. The average Bonchev–Trinajstić information content (AvgIpc) is 2.76. The van der Waals surface area contributed by atoms with Gasteiger partial charge in [0.1, 0.15) is 24.2 Å². The van der Waals surface area contributed by atoms with E-state index >= 15 is 0 Å². The lowest BCUT2D eigenvalue weighted by Gasteiger charge is -2.39. The van der Waals surface area contributed by atoms with E-state index < -0.39 is 41.6 Å². The number of hydrogen-bond donors (Lipinski definition) is 2. The molecule has 9 nitrogen and oxygen atoms in total. The van der Waals surface area contributed by atoms with Crippen molar-refractivity contribution < 1.29 is 28.7 Å². The number of nitrogens with zero attached hydrogens (tertiary/aromatic N) is 1. The number of aryl methyl sites for hydroxylation is 1. The second-order valence-electron chi connectivity index (χ2n) is 9.98. The van der Waals surface area contributed by atoms with Gasteiger partial charge in [-0.25, -0.2) is 4.79 Å². The van der Waals surface area contributed by atoms with Gasteiger partial charge in [-0.3, -0.25) is 14.4 Å². The molecule has 0 heterocycles. The SMILES string of the molecule is CCC(C)N(C(=O)C(NC(=O)OC(C)(C)C)C(C)C)C(C(=O)NCC(=O)OC)c1cccc(C)c1. The highest BCUT2D eigenvalue weighted by Crippen LogP contribution is 2.28. The highest BCUT2D eigenvalue weighted by atomic mass is 16.6. The Labute approximate surface area is 208 Å². The molecule has 0 radical (unpaired) electrons. The third kappa shape index (κ3) is 9.22. The fraction of sp³-hybridized carbons (Fsp3) is 0.615. The zero-order valence-electron chi connectivity index (χ0n) is 22.4. The molecule has 35 heavy (non-hydrogen) atoms. The van der Waals surface area contributed by atoms with Crippen molar-refractivity contribution >= 4 is 23.9 Å². The maximum absolute atomic E-state index is 14.0. The number of esters is 1. The molecule has 0 saturated heterocycles. The van der Waals surface area contributed by atoms with Crippen LogP contribution in [0.3, 0.4) is 0 Å². The van der Waals surface area contributed by atoms with Gasteiger partial charge in [0.25, 0.3) is 0 Å². The quantitative estimate of drug-likeness (QED) is 0.484. The van der Waals surface area contributed by atoms with Crippen LogP contribution in [0.25, 0.3) is 0 Å². The van der Waals surface area contributed by atoms with E-state index in [1.807, 2.05) is 52.8 Å². The Morgan fingerprint density at radius 2 is 1.71 bits per heavy atom. The first-order valence-corrected chi connectivity index (χ1v) is 11.9. The van der Waals surface area contributed by atoms with Gasteiger partial charge in [-0.2, -0.15) is 0 Å². The van der Waals surface area contributed by atoms with Crippen LogP contribution in [0.1, 0.15) is 72.1 Å². The predicted molar refractivity (Wildman–Crippen MR) is 134 cm³/mol. The Balaban J connectivity index is 3.49. The summed E-state index contributed by atoms with van der Waals surface area (Å²) in [6.45, 7) is 14.2. The van der Waals surface area contributed by atoms with Gasteiger partial charge in [-0.15, -0.1) is 0 Å². The van der Waals surface area contributed by atoms with Gasteiger partial charge in [-0.1, -0.05) is 50.6 Å². The van der Waals surface area contributed by atoms with Gasteiger partial charge in [0, 0.05) is 6.04 Å².